The van der Waals surface area contributed by atoms with E-state index in [2.05, 4.69) is 35.8 Å². The van der Waals surface area contributed by atoms with Crippen LogP contribution in [0.15, 0.2) is 28.8 Å². The number of rotatable bonds is 5. The molecular weight excluding hydrogens is 238 g/mol. The Morgan fingerprint density at radius 1 is 1.21 bits per heavy atom. The van der Waals surface area contributed by atoms with Gasteiger partial charge >= 0.3 is 0 Å². The molecule has 4 heteroatoms. The molecule has 0 aromatic carbocycles. The molecule has 0 aliphatic carbocycles. The van der Waals surface area contributed by atoms with Crippen molar-refractivity contribution < 1.29 is 4.42 Å². The van der Waals surface area contributed by atoms with Crippen LogP contribution in [0.5, 0.6) is 0 Å². The Kier molecular flexibility index (Phi) is 4.32. The van der Waals surface area contributed by atoms with Gasteiger partial charge in [-0.3, -0.25) is 4.90 Å². The van der Waals surface area contributed by atoms with Crippen LogP contribution in [0.2, 0.25) is 0 Å². The van der Waals surface area contributed by atoms with Gasteiger partial charge in [0.25, 0.3) is 0 Å². The molecule has 0 aliphatic rings. The Balaban J connectivity index is 1.98. The summed E-state index contributed by atoms with van der Waals surface area (Å²) in [6.07, 6.45) is 1.84. The first-order chi connectivity index (χ1) is 9.04. The van der Waals surface area contributed by atoms with E-state index in [4.69, 9.17) is 4.42 Å². The molecule has 4 nitrogen and oxygen atoms in total. The molecule has 0 saturated carbocycles. The van der Waals surface area contributed by atoms with Gasteiger partial charge in [0.1, 0.15) is 17.3 Å². The SMILES string of the molecule is Cc1ccc(CN(C)Cc2ccnc(C(C)C)n2)o1. The van der Waals surface area contributed by atoms with Crippen LogP contribution >= 0.6 is 0 Å². The molecule has 0 radical (unpaired) electrons. The Labute approximate surface area is 114 Å². The molecule has 0 saturated heterocycles. The Hall–Kier alpha value is -1.68. The fraction of sp³-hybridized carbons (Fsp3) is 0.467. The van der Waals surface area contributed by atoms with E-state index in [1.54, 1.807) is 0 Å². The third-order valence-electron chi connectivity index (χ3n) is 2.90. The van der Waals surface area contributed by atoms with Crippen LogP contribution in [-0.4, -0.2) is 21.9 Å². The molecule has 19 heavy (non-hydrogen) atoms. The van der Waals surface area contributed by atoms with Crippen molar-refractivity contribution in [1.29, 1.82) is 0 Å². The van der Waals surface area contributed by atoms with Crippen LogP contribution in [0.1, 0.15) is 42.8 Å². The highest BCUT2D eigenvalue weighted by molar-refractivity contribution is 5.07. The van der Waals surface area contributed by atoms with Gasteiger partial charge in [-0.2, -0.15) is 0 Å². The molecule has 102 valence electrons. The van der Waals surface area contributed by atoms with Crippen molar-refractivity contribution in [3.05, 3.63) is 47.4 Å². The minimum Gasteiger partial charge on any atom is -0.465 e. The smallest absolute Gasteiger partial charge is 0.131 e. The summed E-state index contributed by atoms with van der Waals surface area (Å²) in [5, 5.41) is 0. The van der Waals surface area contributed by atoms with Crippen molar-refractivity contribution in [3.8, 4) is 0 Å². The standard InChI is InChI=1S/C15H21N3O/c1-11(2)15-16-8-7-13(17-15)9-18(4)10-14-6-5-12(3)19-14/h5-8,11H,9-10H2,1-4H3. The molecule has 2 aromatic rings. The monoisotopic (exact) mass is 259 g/mol. The van der Waals surface area contributed by atoms with E-state index in [1.807, 2.05) is 31.3 Å². The molecule has 2 aromatic heterocycles. The summed E-state index contributed by atoms with van der Waals surface area (Å²) in [6.45, 7) is 7.75. The number of hydrogen-bond acceptors (Lipinski definition) is 4. The van der Waals surface area contributed by atoms with Crippen molar-refractivity contribution in [1.82, 2.24) is 14.9 Å². The zero-order valence-corrected chi connectivity index (χ0v) is 12.1. The maximum Gasteiger partial charge on any atom is 0.131 e. The summed E-state index contributed by atoms with van der Waals surface area (Å²) < 4.78 is 5.58. The number of furan rings is 1. The van der Waals surface area contributed by atoms with Crippen LogP contribution < -0.4 is 0 Å². The molecule has 0 aliphatic heterocycles. The lowest BCUT2D eigenvalue weighted by Gasteiger charge is -2.15. The highest BCUT2D eigenvalue weighted by Gasteiger charge is 2.08. The zero-order valence-electron chi connectivity index (χ0n) is 12.1. The second-order valence-corrected chi connectivity index (χ2v) is 5.25. The highest BCUT2D eigenvalue weighted by atomic mass is 16.3. The lowest BCUT2D eigenvalue weighted by atomic mass is 10.2. The van der Waals surface area contributed by atoms with Gasteiger partial charge in [0.15, 0.2) is 0 Å². The Bertz CT molecular complexity index is 534. The van der Waals surface area contributed by atoms with Crippen LogP contribution in [0, 0.1) is 6.92 Å². The quantitative estimate of drug-likeness (QED) is 0.827. The summed E-state index contributed by atoms with van der Waals surface area (Å²) in [5.74, 6) is 3.20. The van der Waals surface area contributed by atoms with Gasteiger partial charge in [0.2, 0.25) is 0 Å². The third-order valence-corrected chi connectivity index (χ3v) is 2.90. The predicted molar refractivity (Wildman–Crippen MR) is 74.7 cm³/mol. The topological polar surface area (TPSA) is 42.2 Å². The van der Waals surface area contributed by atoms with E-state index in [0.29, 0.717) is 5.92 Å². The second-order valence-electron chi connectivity index (χ2n) is 5.25. The maximum absolute atomic E-state index is 5.58. The van der Waals surface area contributed by atoms with E-state index >= 15 is 0 Å². The average Bonchev–Trinajstić information content (AvgIpc) is 2.74. The van der Waals surface area contributed by atoms with Crippen molar-refractivity contribution in [2.24, 2.45) is 0 Å². The summed E-state index contributed by atoms with van der Waals surface area (Å²) in [4.78, 5) is 11.0. The van der Waals surface area contributed by atoms with E-state index in [0.717, 1.165) is 36.1 Å². The second kappa shape index (κ2) is 5.97. The summed E-state index contributed by atoms with van der Waals surface area (Å²) >= 11 is 0. The van der Waals surface area contributed by atoms with Crippen molar-refractivity contribution in [3.63, 3.8) is 0 Å². The lowest BCUT2D eigenvalue weighted by molar-refractivity contribution is 0.282. The van der Waals surface area contributed by atoms with Gasteiger partial charge in [-0.05, 0) is 32.2 Å². The largest absolute Gasteiger partial charge is 0.465 e. The van der Waals surface area contributed by atoms with E-state index in [-0.39, 0.29) is 0 Å². The fourth-order valence-electron chi connectivity index (χ4n) is 1.95. The predicted octanol–water partition coefficient (Wildman–Crippen LogP) is 3.13. The van der Waals surface area contributed by atoms with Gasteiger partial charge in [-0.1, -0.05) is 13.8 Å². The lowest BCUT2D eigenvalue weighted by Crippen LogP contribution is -2.18. The highest BCUT2D eigenvalue weighted by Crippen LogP contribution is 2.12. The molecule has 0 unspecified atom stereocenters. The molecular formula is C15H21N3O. The number of hydrogen-bond donors (Lipinski definition) is 0. The van der Waals surface area contributed by atoms with Gasteiger partial charge in [0, 0.05) is 18.7 Å². The Morgan fingerprint density at radius 2 is 2.00 bits per heavy atom. The third kappa shape index (κ3) is 3.89. The molecule has 2 heterocycles. The first-order valence-corrected chi connectivity index (χ1v) is 6.60. The van der Waals surface area contributed by atoms with Gasteiger partial charge in [-0.15, -0.1) is 0 Å². The van der Waals surface area contributed by atoms with Crippen LogP contribution in [-0.2, 0) is 13.1 Å². The normalized spacial score (nSPS) is 11.5. The molecule has 0 N–H and O–H groups in total. The molecule has 0 bridgehead atoms. The minimum absolute atomic E-state index is 0.359. The van der Waals surface area contributed by atoms with Crippen LogP contribution in [0.25, 0.3) is 0 Å². The fourth-order valence-corrected chi connectivity index (χ4v) is 1.95. The summed E-state index contributed by atoms with van der Waals surface area (Å²) in [7, 11) is 2.06. The molecule has 0 spiro atoms. The molecule has 0 fully saturated rings. The molecule has 0 amide bonds. The maximum atomic E-state index is 5.58. The first-order valence-electron chi connectivity index (χ1n) is 6.60. The summed E-state index contributed by atoms with van der Waals surface area (Å²) in [5.41, 5.74) is 1.05. The van der Waals surface area contributed by atoms with Gasteiger partial charge in [-0.25, -0.2) is 9.97 Å². The van der Waals surface area contributed by atoms with Gasteiger partial charge in [0.05, 0.1) is 12.2 Å². The minimum atomic E-state index is 0.359. The van der Waals surface area contributed by atoms with E-state index < -0.39 is 0 Å². The van der Waals surface area contributed by atoms with E-state index in [9.17, 15) is 0 Å². The van der Waals surface area contributed by atoms with Crippen molar-refractivity contribution in [2.75, 3.05) is 7.05 Å². The van der Waals surface area contributed by atoms with Crippen LogP contribution in [0.3, 0.4) is 0 Å². The summed E-state index contributed by atoms with van der Waals surface area (Å²) in [6, 6.07) is 5.98. The van der Waals surface area contributed by atoms with Gasteiger partial charge < -0.3 is 4.42 Å². The number of aryl methyl sites for hydroxylation is 1. The molecule has 2 rings (SSSR count). The average molecular weight is 259 g/mol. The van der Waals surface area contributed by atoms with Crippen LogP contribution in [0.4, 0.5) is 0 Å². The van der Waals surface area contributed by atoms with E-state index in [1.165, 1.54) is 0 Å². The van der Waals surface area contributed by atoms with Crippen molar-refractivity contribution in [2.45, 2.75) is 39.8 Å². The zero-order chi connectivity index (χ0) is 13.8. The number of aromatic nitrogens is 2. The Morgan fingerprint density at radius 3 is 2.63 bits per heavy atom. The first kappa shape index (κ1) is 13.7. The number of nitrogens with zero attached hydrogens (tertiary/aromatic N) is 3. The molecule has 0 atom stereocenters. The van der Waals surface area contributed by atoms with Crippen molar-refractivity contribution >= 4 is 0 Å².